The minimum atomic E-state index is -0.355. The lowest BCUT2D eigenvalue weighted by Gasteiger charge is -2.16. The van der Waals surface area contributed by atoms with Crippen molar-refractivity contribution in [3.05, 3.63) is 28.2 Å². The van der Waals surface area contributed by atoms with Crippen molar-refractivity contribution >= 4 is 27.5 Å². The Labute approximate surface area is 115 Å². The van der Waals surface area contributed by atoms with E-state index >= 15 is 0 Å². The van der Waals surface area contributed by atoms with Crippen LogP contribution in [0.15, 0.2) is 22.7 Å². The van der Waals surface area contributed by atoms with Gasteiger partial charge in [0.05, 0.1) is 11.3 Å². The van der Waals surface area contributed by atoms with Gasteiger partial charge in [-0.3, -0.25) is 4.79 Å². The molecular weight excluding hydrogens is 294 g/mol. The average Bonchev–Trinajstić information content (AvgIpc) is 3.13. The summed E-state index contributed by atoms with van der Waals surface area (Å²) in [5.74, 6) is -0.0265. The van der Waals surface area contributed by atoms with Crippen molar-refractivity contribution in [2.45, 2.75) is 31.8 Å². The molecule has 1 aliphatic rings. The zero-order chi connectivity index (χ0) is 13.1. The van der Waals surface area contributed by atoms with Crippen LogP contribution in [0.4, 0.5) is 5.69 Å². The number of carbonyl (C=O) groups is 1. The van der Waals surface area contributed by atoms with Gasteiger partial charge in [0.2, 0.25) is 5.91 Å². The molecule has 94 valence electrons. The highest BCUT2D eigenvalue weighted by Crippen LogP contribution is 2.22. The molecule has 0 aromatic heterocycles. The first kappa shape index (κ1) is 12.9. The molecule has 1 fully saturated rings. The zero-order valence-electron chi connectivity index (χ0n) is 10.0. The molecule has 0 heterocycles. The van der Waals surface area contributed by atoms with Gasteiger partial charge in [0.1, 0.15) is 12.1 Å². The van der Waals surface area contributed by atoms with E-state index in [1.165, 1.54) is 0 Å². The van der Waals surface area contributed by atoms with Crippen molar-refractivity contribution in [1.29, 1.82) is 5.26 Å². The van der Waals surface area contributed by atoms with Gasteiger partial charge in [0.25, 0.3) is 0 Å². The molecule has 1 aromatic carbocycles. The molecular formula is C13H14BrN3O. The maximum absolute atomic E-state index is 11.8. The third-order valence-electron chi connectivity index (χ3n) is 2.79. The summed E-state index contributed by atoms with van der Waals surface area (Å²) in [6.45, 7) is 1.79. The molecule has 2 N–H and O–H groups in total. The van der Waals surface area contributed by atoms with E-state index in [0.29, 0.717) is 17.3 Å². The molecule has 0 saturated heterocycles. The van der Waals surface area contributed by atoms with Crippen LogP contribution in [0.2, 0.25) is 0 Å². The van der Waals surface area contributed by atoms with Crippen LogP contribution < -0.4 is 10.6 Å². The van der Waals surface area contributed by atoms with E-state index in [9.17, 15) is 4.79 Å². The SMILES string of the molecule is CC(Nc1cc(Br)ccc1C#N)C(=O)NC1CC1. The van der Waals surface area contributed by atoms with Crippen LogP contribution in [0, 0.1) is 11.3 Å². The van der Waals surface area contributed by atoms with Crippen molar-refractivity contribution in [1.82, 2.24) is 5.32 Å². The number of nitrogens with zero attached hydrogens (tertiary/aromatic N) is 1. The molecule has 1 amide bonds. The second-order valence-electron chi connectivity index (χ2n) is 4.45. The number of carbonyl (C=O) groups excluding carboxylic acids is 1. The minimum Gasteiger partial charge on any atom is -0.373 e. The molecule has 18 heavy (non-hydrogen) atoms. The molecule has 1 saturated carbocycles. The highest BCUT2D eigenvalue weighted by molar-refractivity contribution is 9.10. The largest absolute Gasteiger partial charge is 0.373 e. The number of benzene rings is 1. The minimum absolute atomic E-state index is 0.0265. The van der Waals surface area contributed by atoms with Gasteiger partial charge in [-0.2, -0.15) is 5.26 Å². The first-order valence-electron chi connectivity index (χ1n) is 5.86. The number of hydrogen-bond donors (Lipinski definition) is 2. The van der Waals surface area contributed by atoms with Crippen LogP contribution in [-0.4, -0.2) is 18.0 Å². The molecule has 0 bridgehead atoms. The molecule has 2 rings (SSSR count). The molecule has 0 radical (unpaired) electrons. The molecule has 1 atom stereocenters. The highest BCUT2D eigenvalue weighted by atomic mass is 79.9. The van der Waals surface area contributed by atoms with Crippen molar-refractivity contribution in [3.8, 4) is 6.07 Å². The number of nitrogens with one attached hydrogen (secondary N) is 2. The van der Waals surface area contributed by atoms with Crippen LogP contribution in [0.5, 0.6) is 0 Å². The lowest BCUT2D eigenvalue weighted by atomic mass is 10.1. The van der Waals surface area contributed by atoms with Crippen molar-refractivity contribution in [2.75, 3.05) is 5.32 Å². The Morgan fingerprint density at radius 1 is 1.56 bits per heavy atom. The first-order valence-corrected chi connectivity index (χ1v) is 6.66. The summed E-state index contributed by atoms with van der Waals surface area (Å²) in [5, 5.41) is 15.0. The molecule has 4 nitrogen and oxygen atoms in total. The standard InChI is InChI=1S/C13H14BrN3O/c1-8(13(18)17-11-4-5-11)16-12-6-10(14)3-2-9(12)7-15/h2-3,6,8,11,16H,4-5H2,1H3,(H,17,18). The number of hydrogen-bond acceptors (Lipinski definition) is 3. The van der Waals surface area contributed by atoms with Crippen molar-refractivity contribution < 1.29 is 4.79 Å². The predicted molar refractivity (Wildman–Crippen MR) is 73.1 cm³/mol. The van der Waals surface area contributed by atoms with Gasteiger partial charge in [0, 0.05) is 10.5 Å². The van der Waals surface area contributed by atoms with E-state index in [2.05, 4.69) is 32.6 Å². The summed E-state index contributed by atoms with van der Waals surface area (Å²) in [4.78, 5) is 11.8. The Morgan fingerprint density at radius 3 is 2.89 bits per heavy atom. The smallest absolute Gasteiger partial charge is 0.242 e. The summed E-state index contributed by atoms with van der Waals surface area (Å²) >= 11 is 3.35. The van der Waals surface area contributed by atoms with Gasteiger partial charge in [-0.1, -0.05) is 15.9 Å². The van der Waals surface area contributed by atoms with Gasteiger partial charge < -0.3 is 10.6 Å². The molecule has 1 aliphatic carbocycles. The van der Waals surface area contributed by atoms with E-state index in [1.807, 2.05) is 0 Å². The lowest BCUT2D eigenvalue weighted by Crippen LogP contribution is -2.38. The Kier molecular flexibility index (Phi) is 3.87. The van der Waals surface area contributed by atoms with Gasteiger partial charge in [-0.25, -0.2) is 0 Å². The van der Waals surface area contributed by atoms with Gasteiger partial charge >= 0.3 is 0 Å². The summed E-state index contributed by atoms with van der Waals surface area (Å²) in [5.41, 5.74) is 1.20. The number of rotatable bonds is 4. The predicted octanol–water partition coefficient (Wildman–Crippen LogP) is 2.40. The van der Waals surface area contributed by atoms with Gasteiger partial charge in [0.15, 0.2) is 0 Å². The third-order valence-corrected chi connectivity index (χ3v) is 3.28. The van der Waals surface area contributed by atoms with E-state index < -0.39 is 0 Å². The van der Waals surface area contributed by atoms with E-state index in [4.69, 9.17) is 5.26 Å². The fourth-order valence-electron chi connectivity index (χ4n) is 1.59. The van der Waals surface area contributed by atoms with Crippen LogP contribution in [0.1, 0.15) is 25.3 Å². The van der Waals surface area contributed by atoms with E-state index in [-0.39, 0.29) is 11.9 Å². The van der Waals surface area contributed by atoms with Gasteiger partial charge in [-0.05, 0) is 38.0 Å². The van der Waals surface area contributed by atoms with Crippen LogP contribution in [0.25, 0.3) is 0 Å². The fourth-order valence-corrected chi connectivity index (χ4v) is 1.95. The quantitative estimate of drug-likeness (QED) is 0.897. The zero-order valence-corrected chi connectivity index (χ0v) is 11.6. The Bertz CT molecular complexity index is 505. The number of amides is 1. The van der Waals surface area contributed by atoms with Crippen molar-refractivity contribution in [2.24, 2.45) is 0 Å². The molecule has 1 aromatic rings. The van der Waals surface area contributed by atoms with Crippen molar-refractivity contribution in [3.63, 3.8) is 0 Å². The second kappa shape index (κ2) is 5.40. The maximum atomic E-state index is 11.8. The summed E-state index contributed by atoms with van der Waals surface area (Å²) in [6.07, 6.45) is 2.14. The summed E-state index contributed by atoms with van der Waals surface area (Å²) in [6, 6.07) is 7.43. The second-order valence-corrected chi connectivity index (χ2v) is 5.37. The molecule has 0 aliphatic heterocycles. The van der Waals surface area contributed by atoms with Gasteiger partial charge in [-0.15, -0.1) is 0 Å². The monoisotopic (exact) mass is 307 g/mol. The number of nitriles is 1. The van der Waals surface area contributed by atoms with Crippen LogP contribution in [0.3, 0.4) is 0 Å². The fraction of sp³-hybridized carbons (Fsp3) is 0.385. The molecule has 5 heteroatoms. The Morgan fingerprint density at radius 2 is 2.28 bits per heavy atom. The molecule has 1 unspecified atom stereocenters. The highest BCUT2D eigenvalue weighted by Gasteiger charge is 2.25. The normalized spacial score (nSPS) is 15.6. The van der Waals surface area contributed by atoms with Crippen LogP contribution >= 0.6 is 15.9 Å². The summed E-state index contributed by atoms with van der Waals surface area (Å²) < 4.78 is 0.874. The van der Waals surface area contributed by atoms with Crippen LogP contribution in [-0.2, 0) is 4.79 Å². The van der Waals surface area contributed by atoms with E-state index in [0.717, 1.165) is 17.3 Å². The lowest BCUT2D eigenvalue weighted by molar-refractivity contribution is -0.121. The maximum Gasteiger partial charge on any atom is 0.242 e. The topological polar surface area (TPSA) is 64.9 Å². The van der Waals surface area contributed by atoms with E-state index in [1.54, 1.807) is 25.1 Å². The average molecular weight is 308 g/mol. The first-order chi connectivity index (χ1) is 8.60. The molecule has 0 spiro atoms. The number of anilines is 1. The Hall–Kier alpha value is -1.54. The summed E-state index contributed by atoms with van der Waals surface area (Å²) in [7, 11) is 0. The Balaban J connectivity index is 2.05. The third kappa shape index (κ3) is 3.23. The number of halogens is 1.